The zero-order chi connectivity index (χ0) is 14.5. The third-order valence-corrected chi connectivity index (χ3v) is 3.91. The monoisotopic (exact) mass is 276 g/mol. The Morgan fingerprint density at radius 2 is 2.10 bits per heavy atom. The summed E-state index contributed by atoms with van der Waals surface area (Å²) in [6, 6.07) is 5.60. The van der Waals surface area contributed by atoms with Gasteiger partial charge < -0.3 is 15.3 Å². The summed E-state index contributed by atoms with van der Waals surface area (Å²) in [7, 11) is 0. The van der Waals surface area contributed by atoms with E-state index < -0.39 is 0 Å². The van der Waals surface area contributed by atoms with Gasteiger partial charge in [0.1, 0.15) is 5.75 Å². The van der Waals surface area contributed by atoms with E-state index in [0.29, 0.717) is 11.6 Å². The highest BCUT2D eigenvalue weighted by Crippen LogP contribution is 2.20. The van der Waals surface area contributed by atoms with Gasteiger partial charge in [-0.2, -0.15) is 0 Å². The number of likely N-dealkylation sites (tertiary alicyclic amines) is 1. The Hall–Kier alpha value is -1.55. The van der Waals surface area contributed by atoms with E-state index in [-0.39, 0.29) is 11.7 Å². The van der Waals surface area contributed by atoms with Crippen LogP contribution in [0.3, 0.4) is 0 Å². The van der Waals surface area contributed by atoms with Gasteiger partial charge in [0.05, 0.1) is 0 Å². The second-order valence-corrected chi connectivity index (χ2v) is 5.52. The fraction of sp³-hybridized carbons (Fsp3) is 0.562. The van der Waals surface area contributed by atoms with E-state index in [1.807, 2.05) is 11.8 Å². The quantitative estimate of drug-likeness (QED) is 0.887. The SMILES string of the molecule is CCCNC1CCN(C(=O)c2ccc(O)c(C)c2)CC1. The predicted molar refractivity (Wildman–Crippen MR) is 80.1 cm³/mol. The first kappa shape index (κ1) is 14.9. The molecule has 2 N–H and O–H groups in total. The molecular formula is C16H24N2O2. The summed E-state index contributed by atoms with van der Waals surface area (Å²) in [5.74, 6) is 0.311. The Kier molecular flexibility index (Phi) is 5.01. The first-order chi connectivity index (χ1) is 9.61. The Morgan fingerprint density at radius 3 is 2.70 bits per heavy atom. The van der Waals surface area contributed by atoms with Gasteiger partial charge in [0, 0.05) is 24.7 Å². The molecule has 1 heterocycles. The maximum atomic E-state index is 12.4. The molecule has 1 aliphatic heterocycles. The molecule has 4 nitrogen and oxygen atoms in total. The fourth-order valence-electron chi connectivity index (χ4n) is 2.61. The maximum absolute atomic E-state index is 12.4. The van der Waals surface area contributed by atoms with Crippen molar-refractivity contribution in [2.24, 2.45) is 0 Å². The first-order valence-electron chi connectivity index (χ1n) is 7.44. The van der Waals surface area contributed by atoms with Crippen molar-refractivity contribution >= 4 is 5.91 Å². The standard InChI is InChI=1S/C16H24N2O2/c1-3-8-17-14-6-9-18(10-7-14)16(20)13-4-5-15(19)12(2)11-13/h4-5,11,14,17,19H,3,6-10H2,1-2H3. The smallest absolute Gasteiger partial charge is 0.253 e. The van der Waals surface area contributed by atoms with Crippen molar-refractivity contribution in [2.75, 3.05) is 19.6 Å². The second kappa shape index (κ2) is 6.75. The highest BCUT2D eigenvalue weighted by molar-refractivity contribution is 5.94. The molecule has 110 valence electrons. The predicted octanol–water partition coefficient (Wildman–Crippen LogP) is 2.30. The molecule has 0 bridgehead atoms. The van der Waals surface area contributed by atoms with Crippen LogP contribution in [0.1, 0.15) is 42.1 Å². The van der Waals surface area contributed by atoms with Crippen LogP contribution in [0, 0.1) is 6.92 Å². The molecule has 1 aromatic carbocycles. The average molecular weight is 276 g/mol. The normalized spacial score (nSPS) is 16.4. The van der Waals surface area contributed by atoms with Crippen molar-refractivity contribution in [3.05, 3.63) is 29.3 Å². The van der Waals surface area contributed by atoms with Gasteiger partial charge in [-0.1, -0.05) is 6.92 Å². The lowest BCUT2D eigenvalue weighted by molar-refractivity contribution is 0.0705. The Morgan fingerprint density at radius 1 is 1.40 bits per heavy atom. The number of carbonyl (C=O) groups excluding carboxylic acids is 1. The molecular weight excluding hydrogens is 252 g/mol. The van der Waals surface area contributed by atoms with Gasteiger partial charge >= 0.3 is 0 Å². The molecule has 0 radical (unpaired) electrons. The summed E-state index contributed by atoms with van der Waals surface area (Å²) in [4.78, 5) is 14.3. The molecule has 0 saturated carbocycles. The van der Waals surface area contributed by atoms with E-state index in [9.17, 15) is 9.90 Å². The fourth-order valence-corrected chi connectivity index (χ4v) is 2.61. The van der Waals surface area contributed by atoms with E-state index in [1.54, 1.807) is 18.2 Å². The molecule has 1 aliphatic rings. The number of nitrogens with zero attached hydrogens (tertiary/aromatic N) is 1. The number of benzene rings is 1. The summed E-state index contributed by atoms with van der Waals surface area (Å²) in [5.41, 5.74) is 1.41. The van der Waals surface area contributed by atoms with Gasteiger partial charge in [0.2, 0.25) is 0 Å². The van der Waals surface area contributed by atoms with Crippen LogP contribution in [-0.2, 0) is 0 Å². The number of aryl methyl sites for hydroxylation is 1. The first-order valence-corrected chi connectivity index (χ1v) is 7.44. The van der Waals surface area contributed by atoms with Gasteiger partial charge in [0.25, 0.3) is 5.91 Å². The third-order valence-electron chi connectivity index (χ3n) is 3.91. The van der Waals surface area contributed by atoms with E-state index in [1.165, 1.54) is 0 Å². The zero-order valence-electron chi connectivity index (χ0n) is 12.4. The maximum Gasteiger partial charge on any atom is 0.253 e. The van der Waals surface area contributed by atoms with Gasteiger partial charge in [-0.3, -0.25) is 4.79 Å². The topological polar surface area (TPSA) is 52.6 Å². The van der Waals surface area contributed by atoms with Crippen LogP contribution in [-0.4, -0.2) is 41.6 Å². The molecule has 1 saturated heterocycles. The van der Waals surface area contributed by atoms with Crippen LogP contribution in [0.15, 0.2) is 18.2 Å². The van der Waals surface area contributed by atoms with Crippen LogP contribution in [0.5, 0.6) is 5.75 Å². The lowest BCUT2D eigenvalue weighted by Crippen LogP contribution is -2.45. The van der Waals surface area contributed by atoms with Gasteiger partial charge in [-0.05, 0) is 56.5 Å². The molecule has 0 spiro atoms. The summed E-state index contributed by atoms with van der Waals surface area (Å²) in [5, 5.41) is 13.0. The summed E-state index contributed by atoms with van der Waals surface area (Å²) >= 11 is 0. The number of phenolic OH excluding ortho intramolecular Hbond substituents is 1. The molecule has 20 heavy (non-hydrogen) atoms. The number of carbonyl (C=O) groups is 1. The number of phenols is 1. The number of amides is 1. The van der Waals surface area contributed by atoms with Crippen LogP contribution in [0.25, 0.3) is 0 Å². The van der Waals surface area contributed by atoms with Crippen molar-refractivity contribution in [3.8, 4) is 5.75 Å². The van der Waals surface area contributed by atoms with Gasteiger partial charge in [-0.15, -0.1) is 0 Å². The lowest BCUT2D eigenvalue weighted by atomic mass is 10.0. The molecule has 1 aromatic rings. The van der Waals surface area contributed by atoms with Crippen LogP contribution in [0.4, 0.5) is 0 Å². The molecule has 0 aromatic heterocycles. The number of rotatable bonds is 4. The Balaban J connectivity index is 1.92. The Bertz CT molecular complexity index is 466. The van der Waals surface area contributed by atoms with Crippen molar-refractivity contribution in [1.29, 1.82) is 0 Å². The molecule has 1 fully saturated rings. The lowest BCUT2D eigenvalue weighted by Gasteiger charge is -2.32. The molecule has 2 rings (SSSR count). The van der Waals surface area contributed by atoms with Crippen LogP contribution in [0.2, 0.25) is 0 Å². The van der Waals surface area contributed by atoms with Crippen LogP contribution >= 0.6 is 0 Å². The molecule has 1 amide bonds. The molecule has 4 heteroatoms. The largest absolute Gasteiger partial charge is 0.508 e. The highest BCUT2D eigenvalue weighted by atomic mass is 16.3. The Labute approximate surface area is 120 Å². The van der Waals surface area contributed by atoms with E-state index in [4.69, 9.17) is 0 Å². The number of aromatic hydroxyl groups is 1. The second-order valence-electron chi connectivity index (χ2n) is 5.52. The minimum atomic E-state index is 0.0713. The van der Waals surface area contributed by atoms with Crippen LogP contribution < -0.4 is 5.32 Å². The number of hydrogen-bond donors (Lipinski definition) is 2. The molecule has 0 atom stereocenters. The number of piperidine rings is 1. The minimum absolute atomic E-state index is 0.0713. The third kappa shape index (κ3) is 3.51. The van der Waals surface area contributed by atoms with E-state index >= 15 is 0 Å². The highest BCUT2D eigenvalue weighted by Gasteiger charge is 2.23. The van der Waals surface area contributed by atoms with Crippen molar-refractivity contribution in [2.45, 2.75) is 39.2 Å². The van der Waals surface area contributed by atoms with Crippen molar-refractivity contribution in [1.82, 2.24) is 10.2 Å². The van der Waals surface area contributed by atoms with Gasteiger partial charge in [-0.25, -0.2) is 0 Å². The zero-order valence-corrected chi connectivity index (χ0v) is 12.4. The van der Waals surface area contributed by atoms with E-state index in [0.717, 1.165) is 44.5 Å². The van der Waals surface area contributed by atoms with E-state index in [2.05, 4.69) is 12.2 Å². The number of hydrogen-bond acceptors (Lipinski definition) is 3. The summed E-state index contributed by atoms with van der Waals surface area (Å²) < 4.78 is 0. The number of nitrogens with one attached hydrogen (secondary N) is 1. The van der Waals surface area contributed by atoms with Crippen molar-refractivity contribution in [3.63, 3.8) is 0 Å². The summed E-state index contributed by atoms with van der Waals surface area (Å²) in [6.45, 7) is 6.64. The molecule has 0 unspecified atom stereocenters. The molecule has 0 aliphatic carbocycles. The minimum Gasteiger partial charge on any atom is -0.508 e. The van der Waals surface area contributed by atoms with Crippen molar-refractivity contribution < 1.29 is 9.90 Å². The average Bonchev–Trinajstić information content (AvgIpc) is 2.48. The summed E-state index contributed by atoms with van der Waals surface area (Å²) in [6.07, 6.45) is 3.18. The van der Waals surface area contributed by atoms with Gasteiger partial charge in [0.15, 0.2) is 0 Å².